The Balaban J connectivity index is 1.72. The normalized spacial score (nSPS) is 15.9. The van der Waals surface area contributed by atoms with Crippen molar-refractivity contribution in [1.29, 1.82) is 0 Å². The van der Waals surface area contributed by atoms with Gasteiger partial charge in [-0.05, 0) is 18.2 Å². The van der Waals surface area contributed by atoms with Crippen LogP contribution in [0.3, 0.4) is 0 Å². The molecule has 1 amide bonds. The molecule has 4 heterocycles. The van der Waals surface area contributed by atoms with Gasteiger partial charge in [-0.3, -0.25) is 14.6 Å². The van der Waals surface area contributed by atoms with Crippen molar-refractivity contribution in [3.8, 4) is 11.3 Å². The lowest BCUT2D eigenvalue weighted by atomic mass is 10.2. The number of carbonyl (C=O) groups excluding carboxylic acids is 1. The monoisotopic (exact) mass is 388 g/mol. The van der Waals surface area contributed by atoms with Gasteiger partial charge in [0.1, 0.15) is 4.32 Å². The van der Waals surface area contributed by atoms with Crippen molar-refractivity contribution in [3.05, 3.63) is 37.6 Å². The van der Waals surface area contributed by atoms with Crippen LogP contribution < -0.4 is 16.6 Å². The summed E-state index contributed by atoms with van der Waals surface area (Å²) in [6, 6.07) is 3.47. The zero-order chi connectivity index (χ0) is 17.6. The summed E-state index contributed by atoms with van der Waals surface area (Å²) in [6.07, 6.45) is 1.76. The van der Waals surface area contributed by atoms with Gasteiger partial charge >= 0.3 is 0 Å². The van der Waals surface area contributed by atoms with E-state index < -0.39 is 0 Å². The standard InChI is InChI=1S/C14H8N6O2S3/c15-13-16-10-7(11(21)17-13)3-8(19-20-10)5-1-6(24-4-5)2-9-12(22)18-14(23)25-9/h1-4H,(H,18,22,23)(H3,15,16,17,20,21)/b9-2-. The number of nitrogen functional groups attached to an aromatic ring is 1. The highest BCUT2D eigenvalue weighted by Gasteiger charge is 2.22. The molecule has 25 heavy (non-hydrogen) atoms. The first-order valence-electron chi connectivity index (χ1n) is 6.86. The van der Waals surface area contributed by atoms with Crippen molar-refractivity contribution in [3.63, 3.8) is 0 Å². The summed E-state index contributed by atoms with van der Waals surface area (Å²) >= 11 is 7.63. The molecule has 1 aliphatic rings. The summed E-state index contributed by atoms with van der Waals surface area (Å²) in [6.45, 7) is 0. The van der Waals surface area contributed by atoms with Crippen LogP contribution in [0.5, 0.6) is 0 Å². The Morgan fingerprint density at radius 1 is 1.24 bits per heavy atom. The maximum atomic E-state index is 12.0. The fraction of sp³-hybridized carbons (Fsp3) is 0. The number of thioether (sulfide) groups is 1. The second-order valence-electron chi connectivity index (χ2n) is 5.01. The minimum absolute atomic E-state index is 0.00532. The van der Waals surface area contributed by atoms with Gasteiger partial charge in [0.15, 0.2) is 5.65 Å². The predicted octanol–water partition coefficient (Wildman–Crippen LogP) is 1.51. The topological polar surface area (TPSA) is 127 Å². The van der Waals surface area contributed by atoms with Crippen LogP contribution in [0, 0.1) is 0 Å². The Morgan fingerprint density at radius 2 is 2.08 bits per heavy atom. The van der Waals surface area contributed by atoms with Gasteiger partial charge in [-0.1, -0.05) is 24.0 Å². The molecule has 8 nitrogen and oxygen atoms in total. The van der Waals surface area contributed by atoms with Crippen LogP contribution in [0.15, 0.2) is 27.2 Å². The Hall–Kier alpha value is -2.63. The highest BCUT2D eigenvalue weighted by atomic mass is 32.2. The Labute approximate surface area is 153 Å². The van der Waals surface area contributed by atoms with Crippen LogP contribution >= 0.6 is 35.3 Å². The van der Waals surface area contributed by atoms with E-state index in [0.29, 0.717) is 20.3 Å². The molecule has 0 saturated carbocycles. The van der Waals surface area contributed by atoms with E-state index in [0.717, 1.165) is 10.4 Å². The summed E-state index contributed by atoms with van der Waals surface area (Å²) in [7, 11) is 0. The molecule has 0 aromatic carbocycles. The van der Waals surface area contributed by atoms with Crippen LogP contribution in [-0.4, -0.2) is 30.4 Å². The lowest BCUT2D eigenvalue weighted by Crippen LogP contribution is -2.17. The molecule has 1 fully saturated rings. The second kappa shape index (κ2) is 6.02. The van der Waals surface area contributed by atoms with Gasteiger partial charge in [0.05, 0.1) is 16.0 Å². The molecule has 11 heteroatoms. The van der Waals surface area contributed by atoms with E-state index in [1.807, 2.05) is 11.4 Å². The summed E-state index contributed by atoms with van der Waals surface area (Å²) < 4.78 is 0.444. The second-order valence-corrected chi connectivity index (χ2v) is 7.67. The van der Waals surface area contributed by atoms with Crippen molar-refractivity contribution < 1.29 is 4.79 Å². The zero-order valence-electron chi connectivity index (χ0n) is 12.3. The van der Waals surface area contributed by atoms with Crippen LogP contribution in [0.1, 0.15) is 4.88 Å². The average molecular weight is 388 g/mol. The quantitative estimate of drug-likeness (QED) is 0.445. The Bertz CT molecular complexity index is 1130. The molecule has 4 rings (SSSR count). The van der Waals surface area contributed by atoms with E-state index in [-0.39, 0.29) is 23.1 Å². The van der Waals surface area contributed by atoms with Crippen LogP contribution in [-0.2, 0) is 4.79 Å². The van der Waals surface area contributed by atoms with Crippen molar-refractivity contribution in [1.82, 2.24) is 25.5 Å². The summed E-state index contributed by atoms with van der Waals surface area (Å²) in [4.78, 5) is 31.5. The number of hydrogen-bond acceptors (Lipinski definition) is 9. The number of thiophene rings is 1. The maximum Gasteiger partial charge on any atom is 0.263 e. The molecule has 3 aromatic rings. The maximum absolute atomic E-state index is 12.0. The third-order valence-corrected chi connectivity index (χ3v) is 5.36. The van der Waals surface area contributed by atoms with E-state index in [1.54, 1.807) is 12.1 Å². The fourth-order valence-electron chi connectivity index (χ4n) is 2.21. The molecule has 1 aliphatic heterocycles. The third-order valence-electron chi connectivity index (χ3n) is 3.32. The van der Waals surface area contributed by atoms with Gasteiger partial charge in [0.25, 0.3) is 11.5 Å². The number of nitrogens with two attached hydrogens (primary N) is 1. The highest BCUT2D eigenvalue weighted by Crippen LogP contribution is 2.30. The van der Waals surface area contributed by atoms with E-state index in [1.165, 1.54) is 23.1 Å². The van der Waals surface area contributed by atoms with Crippen molar-refractivity contribution >= 4 is 68.6 Å². The van der Waals surface area contributed by atoms with Gasteiger partial charge in [-0.15, -0.1) is 21.5 Å². The largest absolute Gasteiger partial charge is 0.369 e. The molecular formula is C14H8N6O2S3. The molecule has 0 spiro atoms. The number of rotatable bonds is 2. The van der Waals surface area contributed by atoms with Gasteiger partial charge < -0.3 is 11.1 Å². The number of thiocarbonyl (C=S) groups is 1. The molecule has 4 N–H and O–H groups in total. The SMILES string of the molecule is Nc1nc2nnc(-c3csc(/C=C4\SC(=S)NC4=O)c3)cc2c(=O)[nH]1. The lowest BCUT2D eigenvalue weighted by Gasteiger charge is -1.99. The van der Waals surface area contributed by atoms with Crippen molar-refractivity contribution in [2.24, 2.45) is 0 Å². The summed E-state index contributed by atoms with van der Waals surface area (Å²) in [5.74, 6) is -0.208. The number of nitrogens with one attached hydrogen (secondary N) is 2. The average Bonchev–Trinajstić information content (AvgIpc) is 3.14. The number of carbonyl (C=O) groups is 1. The van der Waals surface area contributed by atoms with Crippen molar-refractivity contribution in [2.75, 3.05) is 5.73 Å². The fourth-order valence-corrected chi connectivity index (χ4v) is 4.16. The minimum Gasteiger partial charge on any atom is -0.369 e. The molecule has 0 atom stereocenters. The van der Waals surface area contributed by atoms with Gasteiger partial charge in [0.2, 0.25) is 5.95 Å². The first-order chi connectivity index (χ1) is 12.0. The van der Waals surface area contributed by atoms with E-state index in [9.17, 15) is 9.59 Å². The number of aromatic nitrogens is 4. The van der Waals surface area contributed by atoms with Crippen LogP contribution in [0.2, 0.25) is 0 Å². The smallest absolute Gasteiger partial charge is 0.263 e. The summed E-state index contributed by atoms with van der Waals surface area (Å²) in [5.41, 5.74) is 6.63. The predicted molar refractivity (Wildman–Crippen MR) is 102 cm³/mol. The zero-order valence-corrected chi connectivity index (χ0v) is 14.7. The van der Waals surface area contributed by atoms with Gasteiger partial charge in [0, 0.05) is 15.8 Å². The van der Waals surface area contributed by atoms with Crippen LogP contribution in [0.4, 0.5) is 5.95 Å². The third kappa shape index (κ3) is 3.04. The van der Waals surface area contributed by atoms with Gasteiger partial charge in [-0.2, -0.15) is 4.98 Å². The molecule has 0 unspecified atom stereocenters. The van der Waals surface area contributed by atoms with Crippen molar-refractivity contribution in [2.45, 2.75) is 0 Å². The molecule has 3 aromatic heterocycles. The molecule has 124 valence electrons. The number of fused-ring (bicyclic) bond motifs is 1. The first kappa shape index (κ1) is 15.9. The first-order valence-corrected chi connectivity index (χ1v) is 8.97. The minimum atomic E-state index is -0.372. The number of anilines is 1. The van der Waals surface area contributed by atoms with E-state index in [4.69, 9.17) is 18.0 Å². The molecular weight excluding hydrogens is 380 g/mol. The molecule has 0 radical (unpaired) electrons. The number of amides is 1. The number of nitrogens with zero attached hydrogens (tertiary/aromatic N) is 3. The molecule has 0 aliphatic carbocycles. The lowest BCUT2D eigenvalue weighted by molar-refractivity contribution is -0.115. The van der Waals surface area contributed by atoms with Crippen LogP contribution in [0.25, 0.3) is 28.4 Å². The van der Waals surface area contributed by atoms with E-state index in [2.05, 4.69) is 25.5 Å². The highest BCUT2D eigenvalue weighted by molar-refractivity contribution is 8.26. The Morgan fingerprint density at radius 3 is 2.84 bits per heavy atom. The number of aromatic amines is 1. The number of hydrogen-bond donors (Lipinski definition) is 3. The molecule has 1 saturated heterocycles. The Kier molecular flexibility index (Phi) is 3.82. The van der Waals surface area contributed by atoms with Gasteiger partial charge in [-0.25, -0.2) is 0 Å². The van der Waals surface area contributed by atoms with E-state index >= 15 is 0 Å². The summed E-state index contributed by atoms with van der Waals surface area (Å²) in [5, 5.41) is 12.8. The number of H-pyrrole nitrogens is 1. The molecule has 0 bridgehead atoms.